The minimum absolute atomic E-state index is 0.0859. The largest absolute Gasteiger partial charge is 0.497 e. The molecule has 12 heteroatoms. The molecule has 8 nitrogen and oxygen atoms in total. The van der Waals surface area contributed by atoms with E-state index in [1.165, 1.54) is 24.5 Å². The number of benzene rings is 2. The van der Waals surface area contributed by atoms with Crippen molar-refractivity contribution in [3.63, 3.8) is 0 Å². The smallest absolute Gasteiger partial charge is 0.401 e. The molecule has 0 bridgehead atoms. The Balaban J connectivity index is 1.39. The minimum atomic E-state index is -4.57. The predicted octanol–water partition coefficient (Wildman–Crippen LogP) is 6.04. The number of halogens is 4. The minimum Gasteiger partial charge on any atom is -0.497 e. The highest BCUT2D eigenvalue weighted by Crippen LogP contribution is 2.41. The van der Waals surface area contributed by atoms with Crippen LogP contribution in [0, 0.1) is 5.82 Å². The Morgan fingerprint density at radius 1 is 1.03 bits per heavy atom. The van der Waals surface area contributed by atoms with Crippen LogP contribution in [0.5, 0.6) is 5.75 Å². The highest BCUT2D eigenvalue weighted by Gasteiger charge is 2.51. The van der Waals surface area contributed by atoms with Gasteiger partial charge in [-0.05, 0) is 43.2 Å². The van der Waals surface area contributed by atoms with E-state index < -0.39 is 29.1 Å². The van der Waals surface area contributed by atoms with E-state index in [4.69, 9.17) is 9.26 Å². The molecule has 2 aromatic carbocycles. The first-order chi connectivity index (χ1) is 18.0. The zero-order chi connectivity index (χ0) is 27.5. The van der Waals surface area contributed by atoms with Crippen molar-refractivity contribution in [2.24, 2.45) is 0 Å². The van der Waals surface area contributed by atoms with Crippen molar-refractivity contribution in [3.8, 4) is 16.9 Å². The highest BCUT2D eigenvalue weighted by atomic mass is 19.4. The van der Waals surface area contributed by atoms with Gasteiger partial charge < -0.3 is 19.9 Å². The molecule has 198 valence electrons. The SMILES string of the molecule is COc1cccc(Nc2ncc(-c3ccc(CC(=O)Nc4cc(C(C)(C)C(F)(F)F)on4)c(F)c3)cn2)c1. The molecule has 2 N–H and O–H groups in total. The molecule has 0 radical (unpaired) electrons. The average Bonchev–Trinajstić information content (AvgIpc) is 3.34. The van der Waals surface area contributed by atoms with E-state index in [1.807, 2.05) is 12.1 Å². The lowest BCUT2D eigenvalue weighted by molar-refractivity contribution is -0.185. The Labute approximate surface area is 215 Å². The van der Waals surface area contributed by atoms with Gasteiger partial charge in [-0.3, -0.25) is 4.79 Å². The van der Waals surface area contributed by atoms with Gasteiger partial charge in [-0.15, -0.1) is 0 Å². The molecule has 1 amide bonds. The molecule has 2 aromatic heterocycles. The zero-order valence-electron chi connectivity index (χ0n) is 20.6. The molecule has 0 aliphatic rings. The summed E-state index contributed by atoms with van der Waals surface area (Å²) in [5.74, 6) is -0.952. The number of carbonyl (C=O) groups is 1. The third-order valence-electron chi connectivity index (χ3n) is 5.82. The molecule has 0 saturated carbocycles. The summed E-state index contributed by atoms with van der Waals surface area (Å²) in [4.78, 5) is 20.9. The Morgan fingerprint density at radius 2 is 1.76 bits per heavy atom. The predicted molar refractivity (Wildman–Crippen MR) is 132 cm³/mol. The molecular formula is C26H23F4N5O3. The Morgan fingerprint density at radius 3 is 2.42 bits per heavy atom. The summed E-state index contributed by atoms with van der Waals surface area (Å²) in [6, 6.07) is 12.5. The number of rotatable bonds is 8. The molecule has 2 heterocycles. The molecule has 0 aliphatic carbocycles. The van der Waals surface area contributed by atoms with Gasteiger partial charge in [0.25, 0.3) is 0 Å². The maximum absolute atomic E-state index is 14.8. The van der Waals surface area contributed by atoms with Crippen molar-refractivity contribution < 1.29 is 31.6 Å². The summed E-state index contributed by atoms with van der Waals surface area (Å²) < 4.78 is 64.2. The number of methoxy groups -OCH3 is 1. The molecule has 0 saturated heterocycles. The summed E-state index contributed by atoms with van der Waals surface area (Å²) in [5, 5.41) is 8.85. The Kier molecular flexibility index (Phi) is 7.33. The van der Waals surface area contributed by atoms with Crippen LogP contribution in [0.25, 0.3) is 11.1 Å². The Hall–Kier alpha value is -4.48. The van der Waals surface area contributed by atoms with Crippen molar-refractivity contribution in [1.29, 1.82) is 0 Å². The highest BCUT2D eigenvalue weighted by molar-refractivity contribution is 5.91. The van der Waals surface area contributed by atoms with Gasteiger partial charge in [0, 0.05) is 35.8 Å². The monoisotopic (exact) mass is 529 g/mol. The number of ether oxygens (including phenoxy) is 1. The van der Waals surface area contributed by atoms with E-state index in [0.717, 1.165) is 25.6 Å². The van der Waals surface area contributed by atoms with Crippen molar-refractivity contribution in [2.45, 2.75) is 31.9 Å². The number of hydrogen-bond donors (Lipinski definition) is 2. The average molecular weight is 529 g/mol. The number of amides is 1. The number of aromatic nitrogens is 3. The molecule has 38 heavy (non-hydrogen) atoms. The number of nitrogens with zero attached hydrogens (tertiary/aromatic N) is 3. The first-order valence-electron chi connectivity index (χ1n) is 11.3. The third-order valence-corrected chi connectivity index (χ3v) is 5.82. The van der Waals surface area contributed by atoms with Gasteiger partial charge in [-0.1, -0.05) is 23.4 Å². The van der Waals surface area contributed by atoms with Crippen LogP contribution in [0.2, 0.25) is 0 Å². The van der Waals surface area contributed by atoms with Crippen molar-refractivity contribution in [1.82, 2.24) is 15.1 Å². The van der Waals surface area contributed by atoms with Gasteiger partial charge in [-0.2, -0.15) is 13.2 Å². The van der Waals surface area contributed by atoms with Gasteiger partial charge in [0.05, 0.1) is 13.5 Å². The van der Waals surface area contributed by atoms with Crippen LogP contribution in [0.4, 0.5) is 35.0 Å². The fourth-order valence-corrected chi connectivity index (χ4v) is 3.37. The van der Waals surface area contributed by atoms with Gasteiger partial charge in [0.15, 0.2) is 11.6 Å². The molecule has 0 atom stereocenters. The van der Waals surface area contributed by atoms with Crippen molar-refractivity contribution >= 4 is 23.4 Å². The first kappa shape index (κ1) is 26.6. The molecule has 0 unspecified atom stereocenters. The second kappa shape index (κ2) is 10.5. The van der Waals surface area contributed by atoms with Gasteiger partial charge in [-0.25, -0.2) is 14.4 Å². The molecular weight excluding hydrogens is 506 g/mol. The van der Waals surface area contributed by atoms with Crippen LogP contribution < -0.4 is 15.4 Å². The summed E-state index contributed by atoms with van der Waals surface area (Å²) in [6.45, 7) is 1.87. The topological polar surface area (TPSA) is 102 Å². The molecule has 4 rings (SSSR count). The standard InChI is InChI=1S/C26H23F4N5O3/c1-25(2,26(28,29)30)21-12-22(35-38-21)34-23(36)10-16-8-7-15(9-20(16)27)17-13-31-24(32-14-17)33-18-5-4-6-19(11-18)37-3/h4-9,11-14H,10H2,1-3H3,(H,31,32,33)(H,34,35,36). The van der Waals surface area contributed by atoms with E-state index in [-0.39, 0.29) is 17.8 Å². The van der Waals surface area contributed by atoms with Gasteiger partial charge in [0.2, 0.25) is 11.9 Å². The summed E-state index contributed by atoms with van der Waals surface area (Å²) in [6.07, 6.45) is -1.88. The second-order valence-electron chi connectivity index (χ2n) is 8.88. The zero-order valence-corrected chi connectivity index (χ0v) is 20.6. The van der Waals surface area contributed by atoms with Crippen LogP contribution in [0.1, 0.15) is 25.2 Å². The lowest BCUT2D eigenvalue weighted by Gasteiger charge is -2.24. The van der Waals surface area contributed by atoms with Gasteiger partial charge in [0.1, 0.15) is 17.0 Å². The second-order valence-corrected chi connectivity index (χ2v) is 8.88. The number of alkyl halides is 3. The Bertz CT molecular complexity index is 1440. The maximum atomic E-state index is 14.8. The molecule has 0 spiro atoms. The van der Waals surface area contributed by atoms with E-state index in [0.29, 0.717) is 22.8 Å². The van der Waals surface area contributed by atoms with Crippen LogP contribution >= 0.6 is 0 Å². The van der Waals surface area contributed by atoms with Crippen molar-refractivity contribution in [2.75, 3.05) is 17.7 Å². The fraction of sp³-hybridized carbons (Fsp3) is 0.231. The number of anilines is 3. The van der Waals surface area contributed by atoms with Crippen LogP contribution in [-0.4, -0.2) is 34.3 Å². The first-order valence-corrected chi connectivity index (χ1v) is 11.3. The molecule has 4 aromatic rings. The van der Waals surface area contributed by atoms with E-state index in [1.54, 1.807) is 25.3 Å². The third kappa shape index (κ3) is 5.90. The molecule has 0 fully saturated rings. The lowest BCUT2D eigenvalue weighted by atomic mass is 9.89. The van der Waals surface area contributed by atoms with Crippen LogP contribution in [0.3, 0.4) is 0 Å². The number of hydrogen-bond acceptors (Lipinski definition) is 7. The molecule has 0 aliphatic heterocycles. The maximum Gasteiger partial charge on any atom is 0.401 e. The van der Waals surface area contributed by atoms with Crippen LogP contribution in [0.15, 0.2) is 65.4 Å². The normalized spacial score (nSPS) is 11.8. The number of nitrogens with one attached hydrogen (secondary N) is 2. The van der Waals surface area contributed by atoms with Gasteiger partial charge >= 0.3 is 6.18 Å². The summed E-state index contributed by atoms with van der Waals surface area (Å²) in [5.41, 5.74) is -0.425. The van der Waals surface area contributed by atoms with Crippen LogP contribution in [-0.2, 0) is 16.6 Å². The summed E-state index contributed by atoms with van der Waals surface area (Å²) in [7, 11) is 1.57. The summed E-state index contributed by atoms with van der Waals surface area (Å²) >= 11 is 0. The van der Waals surface area contributed by atoms with Crippen molar-refractivity contribution in [3.05, 3.63) is 78.1 Å². The van der Waals surface area contributed by atoms with E-state index in [9.17, 15) is 22.4 Å². The number of carbonyl (C=O) groups excluding carboxylic acids is 1. The fourth-order valence-electron chi connectivity index (χ4n) is 3.37. The van der Waals surface area contributed by atoms with E-state index in [2.05, 4.69) is 25.8 Å². The quantitative estimate of drug-likeness (QED) is 0.268. The van der Waals surface area contributed by atoms with E-state index >= 15 is 0 Å². The lowest BCUT2D eigenvalue weighted by Crippen LogP contribution is -2.35.